The summed E-state index contributed by atoms with van der Waals surface area (Å²) in [4.78, 5) is 66.5. The van der Waals surface area contributed by atoms with Gasteiger partial charge in [-0.1, -0.05) is 12.1 Å². The van der Waals surface area contributed by atoms with Crippen LogP contribution in [0.25, 0.3) is 0 Å². The molecule has 4 rings (SSSR count). The van der Waals surface area contributed by atoms with Gasteiger partial charge in [0.15, 0.2) is 0 Å². The first kappa shape index (κ1) is 21.0. The van der Waals surface area contributed by atoms with E-state index in [1.165, 1.54) is 21.9 Å². The van der Waals surface area contributed by atoms with E-state index < -0.39 is 11.7 Å². The number of hydrogen-bond acceptors (Lipinski definition) is 5. The smallest absolute Gasteiger partial charge is 0.242 e. The summed E-state index contributed by atoms with van der Waals surface area (Å²) in [6, 6.07) is 5.97. The number of likely N-dealkylation sites (tertiary alicyclic amines) is 1. The molecule has 10 heteroatoms. The van der Waals surface area contributed by atoms with Gasteiger partial charge in [-0.05, 0) is 12.1 Å². The molecule has 0 N–H and O–H groups in total. The zero-order valence-corrected chi connectivity index (χ0v) is 17.0. The summed E-state index contributed by atoms with van der Waals surface area (Å²) >= 11 is 0. The van der Waals surface area contributed by atoms with Crippen molar-refractivity contribution in [2.45, 2.75) is 19.3 Å². The maximum absolute atomic E-state index is 14.0. The highest BCUT2D eigenvalue weighted by Crippen LogP contribution is 2.28. The highest BCUT2D eigenvalue weighted by atomic mass is 19.1. The molecule has 5 amide bonds. The summed E-state index contributed by atoms with van der Waals surface area (Å²) in [5, 5.41) is 0. The molecule has 0 saturated carbocycles. The number of benzene rings is 1. The number of para-hydroxylation sites is 1. The van der Waals surface area contributed by atoms with Crippen molar-refractivity contribution in [3.8, 4) is 0 Å². The predicted molar refractivity (Wildman–Crippen MR) is 106 cm³/mol. The molecule has 3 fully saturated rings. The van der Waals surface area contributed by atoms with Gasteiger partial charge in [0.1, 0.15) is 12.4 Å². The second-order valence-electron chi connectivity index (χ2n) is 7.94. The van der Waals surface area contributed by atoms with E-state index in [0.717, 1.165) is 4.90 Å². The van der Waals surface area contributed by atoms with Crippen LogP contribution in [-0.4, -0.2) is 83.5 Å². The van der Waals surface area contributed by atoms with E-state index in [1.807, 2.05) is 0 Å². The third-order valence-corrected chi connectivity index (χ3v) is 6.01. The second kappa shape index (κ2) is 8.44. The highest BCUT2D eigenvalue weighted by Gasteiger charge is 2.39. The number of hydrogen-bond donors (Lipinski definition) is 0. The number of carbonyl (C=O) groups is 5. The molecule has 1 atom stereocenters. The quantitative estimate of drug-likeness (QED) is 0.627. The van der Waals surface area contributed by atoms with Crippen LogP contribution in [0.5, 0.6) is 0 Å². The van der Waals surface area contributed by atoms with Crippen LogP contribution in [0.2, 0.25) is 0 Å². The molecular formula is C21H23FN4O5. The second-order valence-corrected chi connectivity index (χ2v) is 7.94. The Morgan fingerprint density at radius 2 is 1.52 bits per heavy atom. The van der Waals surface area contributed by atoms with Gasteiger partial charge < -0.3 is 14.7 Å². The molecular weight excluding hydrogens is 407 g/mol. The van der Waals surface area contributed by atoms with E-state index in [-0.39, 0.29) is 67.6 Å². The van der Waals surface area contributed by atoms with Crippen LogP contribution in [0.1, 0.15) is 19.3 Å². The standard InChI is InChI=1S/C21H23FN4O5/c22-15-3-1-2-4-16(15)25-12-14(11-19(25)29)21(31)24-9-7-23(8-10-24)20(30)13-26-17(27)5-6-18(26)28/h1-4,14H,5-13H2. The first-order chi connectivity index (χ1) is 14.8. The van der Waals surface area contributed by atoms with Gasteiger partial charge in [0, 0.05) is 52.0 Å². The number of piperazine rings is 1. The van der Waals surface area contributed by atoms with E-state index in [9.17, 15) is 28.4 Å². The molecule has 0 bridgehead atoms. The molecule has 1 aromatic carbocycles. The Kier molecular flexibility index (Phi) is 5.71. The molecule has 0 spiro atoms. The Morgan fingerprint density at radius 1 is 0.903 bits per heavy atom. The summed E-state index contributed by atoms with van der Waals surface area (Å²) in [6.07, 6.45) is 0.294. The highest BCUT2D eigenvalue weighted by molar-refractivity contribution is 6.04. The van der Waals surface area contributed by atoms with Gasteiger partial charge >= 0.3 is 0 Å². The van der Waals surface area contributed by atoms with E-state index >= 15 is 0 Å². The van der Waals surface area contributed by atoms with Crippen molar-refractivity contribution >= 4 is 35.2 Å². The number of anilines is 1. The lowest BCUT2D eigenvalue weighted by Crippen LogP contribution is -2.54. The van der Waals surface area contributed by atoms with Crippen molar-refractivity contribution in [3.63, 3.8) is 0 Å². The van der Waals surface area contributed by atoms with Crippen molar-refractivity contribution in [1.82, 2.24) is 14.7 Å². The molecule has 164 valence electrons. The van der Waals surface area contributed by atoms with Gasteiger partial charge in [-0.25, -0.2) is 4.39 Å². The SMILES string of the molecule is O=C(CN1C(=O)CCC1=O)N1CCN(C(=O)C2CC(=O)N(c3ccccc3F)C2)CC1. The van der Waals surface area contributed by atoms with Crippen molar-refractivity contribution in [1.29, 1.82) is 0 Å². The lowest BCUT2D eigenvalue weighted by atomic mass is 10.1. The van der Waals surface area contributed by atoms with Gasteiger partial charge in [0.25, 0.3) is 0 Å². The fraction of sp³-hybridized carbons (Fsp3) is 0.476. The molecule has 3 saturated heterocycles. The first-order valence-corrected chi connectivity index (χ1v) is 10.3. The van der Waals surface area contributed by atoms with Crippen molar-refractivity contribution in [2.75, 3.05) is 44.2 Å². The van der Waals surface area contributed by atoms with E-state index in [2.05, 4.69) is 0 Å². The van der Waals surface area contributed by atoms with Crippen LogP contribution in [0.3, 0.4) is 0 Å². The number of amides is 5. The van der Waals surface area contributed by atoms with Crippen LogP contribution in [0.4, 0.5) is 10.1 Å². The molecule has 1 aromatic rings. The third kappa shape index (κ3) is 4.14. The number of rotatable bonds is 4. The van der Waals surface area contributed by atoms with Gasteiger partial charge in [-0.3, -0.25) is 28.9 Å². The minimum absolute atomic E-state index is 0.0193. The Hall–Kier alpha value is -3.30. The van der Waals surface area contributed by atoms with Gasteiger partial charge in [0.2, 0.25) is 29.5 Å². The molecule has 3 aliphatic heterocycles. The van der Waals surface area contributed by atoms with Crippen LogP contribution in [0.15, 0.2) is 24.3 Å². The molecule has 1 unspecified atom stereocenters. The van der Waals surface area contributed by atoms with Crippen molar-refractivity contribution < 1.29 is 28.4 Å². The fourth-order valence-corrected chi connectivity index (χ4v) is 4.25. The minimum Gasteiger partial charge on any atom is -0.339 e. The summed E-state index contributed by atoms with van der Waals surface area (Å²) in [5.41, 5.74) is 0.171. The number of nitrogens with zero attached hydrogens (tertiary/aromatic N) is 4. The Bertz CT molecular complexity index is 927. The van der Waals surface area contributed by atoms with Gasteiger partial charge in [-0.2, -0.15) is 0 Å². The van der Waals surface area contributed by atoms with Crippen LogP contribution < -0.4 is 4.90 Å². The molecule has 9 nitrogen and oxygen atoms in total. The van der Waals surface area contributed by atoms with Gasteiger partial charge in [-0.15, -0.1) is 0 Å². The summed E-state index contributed by atoms with van der Waals surface area (Å²) in [5.74, 6) is -2.55. The van der Waals surface area contributed by atoms with Gasteiger partial charge in [0.05, 0.1) is 11.6 Å². The normalized spacial score (nSPS) is 22.0. The molecule has 31 heavy (non-hydrogen) atoms. The van der Waals surface area contributed by atoms with E-state index in [1.54, 1.807) is 17.0 Å². The lowest BCUT2D eigenvalue weighted by Gasteiger charge is -2.36. The van der Waals surface area contributed by atoms with Crippen LogP contribution in [0, 0.1) is 11.7 Å². The maximum atomic E-state index is 14.0. The zero-order chi connectivity index (χ0) is 22.1. The van der Waals surface area contributed by atoms with E-state index in [4.69, 9.17) is 0 Å². The maximum Gasteiger partial charge on any atom is 0.242 e. The first-order valence-electron chi connectivity index (χ1n) is 10.3. The summed E-state index contributed by atoms with van der Waals surface area (Å²) in [6.45, 7) is 1.04. The minimum atomic E-state index is -0.561. The Morgan fingerprint density at radius 3 is 2.16 bits per heavy atom. The fourth-order valence-electron chi connectivity index (χ4n) is 4.25. The van der Waals surface area contributed by atoms with Crippen LogP contribution >= 0.6 is 0 Å². The Balaban J connectivity index is 1.31. The number of halogens is 1. The third-order valence-electron chi connectivity index (χ3n) is 6.01. The monoisotopic (exact) mass is 430 g/mol. The summed E-state index contributed by atoms with van der Waals surface area (Å²) < 4.78 is 14.0. The topological polar surface area (TPSA) is 98.3 Å². The number of imide groups is 1. The molecule has 3 heterocycles. The van der Waals surface area contributed by atoms with Crippen LogP contribution in [-0.2, 0) is 24.0 Å². The van der Waals surface area contributed by atoms with Crippen molar-refractivity contribution in [3.05, 3.63) is 30.1 Å². The lowest BCUT2D eigenvalue weighted by molar-refractivity contribution is -0.147. The number of carbonyl (C=O) groups excluding carboxylic acids is 5. The molecule has 0 aromatic heterocycles. The molecule has 3 aliphatic rings. The summed E-state index contributed by atoms with van der Waals surface area (Å²) in [7, 11) is 0. The largest absolute Gasteiger partial charge is 0.339 e. The van der Waals surface area contributed by atoms with Crippen molar-refractivity contribution in [2.24, 2.45) is 5.92 Å². The predicted octanol–water partition coefficient (Wildman–Crippen LogP) is -0.00160. The van der Waals surface area contributed by atoms with E-state index in [0.29, 0.717) is 26.2 Å². The molecule has 0 radical (unpaired) electrons. The molecule has 0 aliphatic carbocycles. The Labute approximate surface area is 178 Å². The average molecular weight is 430 g/mol. The zero-order valence-electron chi connectivity index (χ0n) is 17.0. The average Bonchev–Trinajstić information content (AvgIpc) is 3.30.